The van der Waals surface area contributed by atoms with Crippen molar-refractivity contribution in [1.29, 1.82) is 0 Å². The van der Waals surface area contributed by atoms with Gasteiger partial charge in [-0.1, -0.05) is 13.3 Å². The number of unbranched alkanes of at least 4 members (excludes halogenated alkanes) is 1. The highest BCUT2D eigenvalue weighted by molar-refractivity contribution is 5.57. The number of hydrogen-bond donors (Lipinski definition) is 0. The number of ether oxygens (including phenoxy) is 1. The van der Waals surface area contributed by atoms with Crippen LogP contribution in [0.1, 0.15) is 19.8 Å². The Morgan fingerprint density at radius 2 is 2.62 bits per heavy atom. The number of hydrogen-bond acceptors (Lipinski definition) is 2. The lowest BCUT2D eigenvalue weighted by Gasteiger charge is -1.80. The summed E-state index contributed by atoms with van der Waals surface area (Å²) in [6, 6.07) is 0. The molecule has 1 aliphatic rings. The highest BCUT2D eigenvalue weighted by Gasteiger charge is 2.19. The second kappa shape index (κ2) is 2.82. The maximum absolute atomic E-state index is 4.86. The molecule has 0 bridgehead atoms. The Balaban J connectivity index is 1.96. The van der Waals surface area contributed by atoms with Gasteiger partial charge >= 0.3 is 0 Å². The van der Waals surface area contributed by atoms with E-state index >= 15 is 0 Å². The first-order valence-electron chi connectivity index (χ1n) is 3.06. The average Bonchev–Trinajstić information content (AvgIpc) is 2.51. The molecule has 0 spiro atoms. The van der Waals surface area contributed by atoms with Gasteiger partial charge in [0.05, 0.1) is 6.61 Å². The van der Waals surface area contributed by atoms with Crippen molar-refractivity contribution >= 4 is 6.21 Å². The number of nitrogens with zero attached hydrogens (tertiary/aromatic N) is 1. The summed E-state index contributed by atoms with van der Waals surface area (Å²) < 4.78 is 4.86. The van der Waals surface area contributed by atoms with Crippen LogP contribution in [0.4, 0.5) is 0 Å². The van der Waals surface area contributed by atoms with Crippen molar-refractivity contribution in [2.24, 2.45) is 4.99 Å². The van der Waals surface area contributed by atoms with E-state index in [9.17, 15) is 0 Å². The summed E-state index contributed by atoms with van der Waals surface area (Å²) in [6.45, 7) is 2.97. The molecule has 46 valence electrons. The first-order chi connectivity index (χ1) is 3.93. The normalized spacial score (nSPS) is 26.9. The zero-order chi connectivity index (χ0) is 5.82. The Morgan fingerprint density at radius 3 is 3.12 bits per heavy atom. The molecule has 8 heavy (non-hydrogen) atoms. The van der Waals surface area contributed by atoms with Crippen molar-refractivity contribution in [2.45, 2.75) is 26.0 Å². The summed E-state index contributed by atoms with van der Waals surface area (Å²) in [5, 5.41) is 0. The molecule has 1 rings (SSSR count). The smallest absolute Gasteiger partial charge is 0.171 e. The lowest BCUT2D eigenvalue weighted by atomic mass is 10.4. The Bertz CT molecular complexity index is 86.5. The van der Waals surface area contributed by atoms with E-state index in [0.717, 1.165) is 13.0 Å². The quantitative estimate of drug-likeness (QED) is 0.399. The fourth-order valence-electron chi connectivity index (χ4n) is 0.450. The predicted molar refractivity (Wildman–Crippen MR) is 33.1 cm³/mol. The first-order valence-corrected chi connectivity index (χ1v) is 3.06. The minimum atomic E-state index is 0.224. The molecule has 1 unspecified atom stereocenters. The molecule has 0 aromatic rings. The highest BCUT2D eigenvalue weighted by atomic mass is 16.6. The Hall–Kier alpha value is -0.370. The zero-order valence-electron chi connectivity index (χ0n) is 5.13. The van der Waals surface area contributed by atoms with Crippen LogP contribution >= 0.6 is 0 Å². The van der Waals surface area contributed by atoms with Gasteiger partial charge in [-0.05, 0) is 6.42 Å². The number of rotatable bonds is 3. The molecule has 2 nitrogen and oxygen atoms in total. The molecular weight excluding hydrogens is 102 g/mol. The van der Waals surface area contributed by atoms with E-state index in [-0.39, 0.29) is 6.23 Å². The fraction of sp³-hybridized carbons (Fsp3) is 0.833. The maximum Gasteiger partial charge on any atom is 0.171 e. The van der Waals surface area contributed by atoms with Crippen LogP contribution in [0.5, 0.6) is 0 Å². The lowest BCUT2D eigenvalue weighted by molar-refractivity contribution is 0.416. The molecule has 1 atom stereocenters. The zero-order valence-corrected chi connectivity index (χ0v) is 5.13. The maximum atomic E-state index is 4.86. The van der Waals surface area contributed by atoms with Gasteiger partial charge in [-0.25, -0.2) is 0 Å². The average molecular weight is 113 g/mol. The summed E-state index contributed by atoms with van der Waals surface area (Å²) in [7, 11) is 0. The third kappa shape index (κ3) is 2.07. The third-order valence-corrected chi connectivity index (χ3v) is 1.01. The molecule has 1 saturated heterocycles. The van der Waals surface area contributed by atoms with Crippen LogP contribution in [0.2, 0.25) is 0 Å². The van der Waals surface area contributed by atoms with Crippen molar-refractivity contribution in [2.75, 3.05) is 6.61 Å². The molecule has 1 heterocycles. The molecule has 0 aromatic heterocycles. The summed E-state index contributed by atoms with van der Waals surface area (Å²) in [6.07, 6.45) is 4.43. The van der Waals surface area contributed by atoms with Crippen molar-refractivity contribution in [1.82, 2.24) is 0 Å². The van der Waals surface area contributed by atoms with E-state index in [0.29, 0.717) is 0 Å². The molecule has 1 fully saturated rings. The predicted octanol–water partition coefficient (Wildman–Crippen LogP) is 1.21. The highest BCUT2D eigenvalue weighted by Crippen LogP contribution is 2.08. The standard InChI is InChI=1S/C6H11NO/c1-2-3-4-7-6-5-8-6/h4,6H,2-3,5H2,1H3. The molecule has 1 aliphatic heterocycles. The van der Waals surface area contributed by atoms with E-state index in [1.54, 1.807) is 0 Å². The number of aliphatic imine (C=N–C) groups is 1. The minimum absolute atomic E-state index is 0.224. The molecule has 0 radical (unpaired) electrons. The summed E-state index contributed by atoms with van der Waals surface area (Å²) in [5.41, 5.74) is 0. The largest absolute Gasteiger partial charge is 0.349 e. The van der Waals surface area contributed by atoms with E-state index in [2.05, 4.69) is 11.9 Å². The molecule has 0 amide bonds. The monoisotopic (exact) mass is 113 g/mol. The van der Waals surface area contributed by atoms with Crippen molar-refractivity contribution in [3.05, 3.63) is 0 Å². The molecule has 0 aliphatic carbocycles. The summed E-state index contributed by atoms with van der Waals surface area (Å²) in [4.78, 5) is 4.08. The van der Waals surface area contributed by atoms with Crippen LogP contribution in [0.3, 0.4) is 0 Å². The van der Waals surface area contributed by atoms with Crippen LogP contribution < -0.4 is 0 Å². The topological polar surface area (TPSA) is 24.9 Å². The van der Waals surface area contributed by atoms with Crippen LogP contribution in [0.25, 0.3) is 0 Å². The molecule has 2 heteroatoms. The van der Waals surface area contributed by atoms with Gasteiger partial charge < -0.3 is 4.74 Å². The third-order valence-electron chi connectivity index (χ3n) is 1.01. The van der Waals surface area contributed by atoms with Crippen LogP contribution in [-0.4, -0.2) is 19.0 Å². The molecule has 0 N–H and O–H groups in total. The van der Waals surface area contributed by atoms with Gasteiger partial charge in [-0.15, -0.1) is 0 Å². The van der Waals surface area contributed by atoms with Crippen molar-refractivity contribution < 1.29 is 4.74 Å². The van der Waals surface area contributed by atoms with Gasteiger partial charge in [0.15, 0.2) is 6.23 Å². The van der Waals surface area contributed by atoms with Gasteiger partial charge in [0, 0.05) is 6.21 Å². The Labute approximate surface area is 49.6 Å². The Morgan fingerprint density at radius 1 is 1.88 bits per heavy atom. The van der Waals surface area contributed by atoms with Crippen LogP contribution in [-0.2, 0) is 4.74 Å². The van der Waals surface area contributed by atoms with Gasteiger partial charge in [0.25, 0.3) is 0 Å². The summed E-state index contributed by atoms with van der Waals surface area (Å²) in [5.74, 6) is 0. The van der Waals surface area contributed by atoms with Crippen LogP contribution in [0.15, 0.2) is 4.99 Å². The van der Waals surface area contributed by atoms with E-state index in [4.69, 9.17) is 4.74 Å². The number of epoxide rings is 1. The second-order valence-corrected chi connectivity index (χ2v) is 1.91. The van der Waals surface area contributed by atoms with Crippen molar-refractivity contribution in [3.63, 3.8) is 0 Å². The second-order valence-electron chi connectivity index (χ2n) is 1.91. The lowest BCUT2D eigenvalue weighted by Crippen LogP contribution is -1.78. The van der Waals surface area contributed by atoms with Gasteiger partial charge in [-0.2, -0.15) is 0 Å². The summed E-state index contributed by atoms with van der Waals surface area (Å²) >= 11 is 0. The SMILES string of the molecule is CCCC=NC1CO1. The molecule has 0 saturated carbocycles. The molecule has 0 aromatic carbocycles. The fourth-order valence-corrected chi connectivity index (χ4v) is 0.450. The first kappa shape index (κ1) is 5.76. The van der Waals surface area contributed by atoms with Gasteiger partial charge in [0.1, 0.15) is 0 Å². The van der Waals surface area contributed by atoms with Gasteiger partial charge in [0.2, 0.25) is 0 Å². The Kier molecular flexibility index (Phi) is 2.03. The van der Waals surface area contributed by atoms with Crippen LogP contribution in [0, 0.1) is 0 Å². The van der Waals surface area contributed by atoms with Gasteiger partial charge in [-0.3, -0.25) is 4.99 Å². The minimum Gasteiger partial charge on any atom is -0.349 e. The van der Waals surface area contributed by atoms with E-state index < -0.39 is 0 Å². The van der Waals surface area contributed by atoms with Crippen molar-refractivity contribution in [3.8, 4) is 0 Å². The molecular formula is C6H11NO. The van der Waals surface area contributed by atoms with E-state index in [1.165, 1.54) is 6.42 Å². The van der Waals surface area contributed by atoms with E-state index in [1.807, 2.05) is 6.21 Å².